The second-order valence-electron chi connectivity index (χ2n) is 4.82. The first kappa shape index (κ1) is 15.0. The van der Waals surface area contributed by atoms with Crippen LogP contribution >= 0.6 is 11.6 Å². The average molecular weight is 293 g/mol. The summed E-state index contributed by atoms with van der Waals surface area (Å²) in [4.78, 5) is 4.26. The number of pyridine rings is 1. The molecular weight excluding hydrogens is 272 g/mol. The maximum absolute atomic E-state index is 6.36. The molecule has 0 aliphatic heterocycles. The Kier molecular flexibility index (Phi) is 5.15. The Balaban J connectivity index is 2.45. The van der Waals surface area contributed by atoms with Crippen molar-refractivity contribution in [3.8, 4) is 0 Å². The third kappa shape index (κ3) is 3.19. The minimum atomic E-state index is 0.0447. The van der Waals surface area contributed by atoms with Crippen molar-refractivity contribution in [2.24, 2.45) is 0 Å². The van der Waals surface area contributed by atoms with Crippen molar-refractivity contribution in [3.63, 3.8) is 0 Å². The minimum absolute atomic E-state index is 0.0447. The third-order valence-corrected chi connectivity index (χ3v) is 3.50. The molecule has 2 aromatic rings. The lowest BCUT2D eigenvalue weighted by Crippen LogP contribution is -2.25. The summed E-state index contributed by atoms with van der Waals surface area (Å²) in [5.74, 6) is 0. The third-order valence-electron chi connectivity index (χ3n) is 3.20. The van der Waals surface area contributed by atoms with Crippen molar-refractivity contribution in [3.05, 3.63) is 46.5 Å². The molecule has 1 atom stereocenters. The van der Waals surface area contributed by atoms with Gasteiger partial charge in [0.1, 0.15) is 0 Å². The Morgan fingerprint density at radius 1 is 1.40 bits per heavy atom. The zero-order valence-corrected chi connectivity index (χ0v) is 13.0. The lowest BCUT2D eigenvalue weighted by atomic mass is 10.0. The van der Waals surface area contributed by atoms with Gasteiger partial charge in [-0.15, -0.1) is 0 Å². The quantitative estimate of drug-likeness (QED) is 0.888. The molecule has 0 spiro atoms. The van der Waals surface area contributed by atoms with Crippen molar-refractivity contribution in [1.29, 1.82) is 0 Å². The fraction of sp³-hybridized carbons (Fsp3) is 0.467. The van der Waals surface area contributed by atoms with E-state index < -0.39 is 0 Å². The molecule has 108 valence electrons. The molecule has 1 N–H and O–H groups in total. The average Bonchev–Trinajstić information content (AvgIpc) is 2.78. The number of nitrogens with zero attached hydrogens (tertiary/aromatic N) is 3. The zero-order chi connectivity index (χ0) is 14.5. The van der Waals surface area contributed by atoms with Gasteiger partial charge in [-0.25, -0.2) is 0 Å². The largest absolute Gasteiger partial charge is 0.305 e. The predicted molar refractivity (Wildman–Crippen MR) is 82.0 cm³/mol. The highest BCUT2D eigenvalue weighted by Crippen LogP contribution is 2.28. The number of rotatable bonds is 6. The molecule has 0 saturated heterocycles. The topological polar surface area (TPSA) is 42.7 Å². The van der Waals surface area contributed by atoms with Gasteiger partial charge in [0.05, 0.1) is 23.0 Å². The van der Waals surface area contributed by atoms with Crippen LogP contribution in [0.4, 0.5) is 0 Å². The van der Waals surface area contributed by atoms with Gasteiger partial charge in [0.25, 0.3) is 0 Å². The molecule has 0 aromatic carbocycles. The molecule has 0 radical (unpaired) electrons. The maximum Gasteiger partial charge on any atom is 0.0837 e. The van der Waals surface area contributed by atoms with Gasteiger partial charge >= 0.3 is 0 Å². The smallest absolute Gasteiger partial charge is 0.0837 e. The van der Waals surface area contributed by atoms with Crippen molar-refractivity contribution in [2.45, 2.75) is 39.8 Å². The van der Waals surface area contributed by atoms with Crippen LogP contribution in [0.1, 0.15) is 43.3 Å². The van der Waals surface area contributed by atoms with E-state index in [0.717, 1.165) is 30.9 Å². The van der Waals surface area contributed by atoms with Crippen molar-refractivity contribution in [2.75, 3.05) is 6.54 Å². The van der Waals surface area contributed by atoms with Gasteiger partial charge < -0.3 is 5.32 Å². The summed E-state index contributed by atoms with van der Waals surface area (Å²) in [7, 11) is 0. The second-order valence-corrected chi connectivity index (χ2v) is 5.23. The van der Waals surface area contributed by atoms with E-state index in [1.165, 1.54) is 5.56 Å². The van der Waals surface area contributed by atoms with E-state index in [4.69, 9.17) is 11.6 Å². The lowest BCUT2D eigenvalue weighted by molar-refractivity contribution is 0.520. The van der Waals surface area contributed by atoms with Crippen LogP contribution in [-0.4, -0.2) is 21.3 Å². The molecule has 4 nitrogen and oxygen atoms in total. The van der Waals surface area contributed by atoms with E-state index in [9.17, 15) is 0 Å². The highest BCUT2D eigenvalue weighted by molar-refractivity contribution is 6.31. The number of halogens is 1. The molecule has 0 fully saturated rings. The SMILES string of the molecule is CCCn1ncc(Cl)c1C(NCC)c1ccnc(C)c1. The summed E-state index contributed by atoms with van der Waals surface area (Å²) in [5.41, 5.74) is 3.20. The normalized spacial score (nSPS) is 12.6. The Morgan fingerprint density at radius 3 is 2.85 bits per heavy atom. The van der Waals surface area contributed by atoms with Gasteiger partial charge in [-0.3, -0.25) is 9.67 Å². The van der Waals surface area contributed by atoms with E-state index in [-0.39, 0.29) is 6.04 Å². The van der Waals surface area contributed by atoms with Crippen LogP contribution in [0.2, 0.25) is 5.02 Å². The molecule has 2 heterocycles. The Bertz CT molecular complexity index is 565. The van der Waals surface area contributed by atoms with Crippen LogP contribution in [0.3, 0.4) is 0 Å². The molecule has 0 aliphatic rings. The molecular formula is C15H21ClN4. The van der Waals surface area contributed by atoms with E-state index >= 15 is 0 Å². The van der Waals surface area contributed by atoms with E-state index in [2.05, 4.69) is 35.3 Å². The van der Waals surface area contributed by atoms with E-state index in [1.54, 1.807) is 6.20 Å². The summed E-state index contributed by atoms with van der Waals surface area (Å²) >= 11 is 6.36. The first-order valence-corrected chi connectivity index (χ1v) is 7.42. The maximum atomic E-state index is 6.36. The monoisotopic (exact) mass is 292 g/mol. The highest BCUT2D eigenvalue weighted by Gasteiger charge is 2.21. The predicted octanol–water partition coefficient (Wildman–Crippen LogP) is 3.35. The zero-order valence-electron chi connectivity index (χ0n) is 12.2. The highest BCUT2D eigenvalue weighted by atomic mass is 35.5. The molecule has 0 bridgehead atoms. The Labute approximate surface area is 125 Å². The molecule has 5 heteroatoms. The summed E-state index contributed by atoms with van der Waals surface area (Å²) < 4.78 is 1.99. The summed E-state index contributed by atoms with van der Waals surface area (Å²) in [6, 6.07) is 4.16. The second kappa shape index (κ2) is 6.86. The first-order valence-electron chi connectivity index (χ1n) is 7.04. The van der Waals surface area contributed by atoms with Crippen molar-refractivity contribution in [1.82, 2.24) is 20.1 Å². The van der Waals surface area contributed by atoms with Crippen molar-refractivity contribution >= 4 is 11.6 Å². The van der Waals surface area contributed by atoms with Crippen LogP contribution in [0.5, 0.6) is 0 Å². The molecule has 20 heavy (non-hydrogen) atoms. The van der Waals surface area contributed by atoms with Gasteiger partial charge in [-0.1, -0.05) is 25.4 Å². The standard InChI is InChI=1S/C15H21ClN4/c1-4-8-20-15(13(16)10-19-20)14(17-5-2)12-6-7-18-11(3)9-12/h6-7,9-10,14,17H,4-5,8H2,1-3H3. The molecule has 2 rings (SSSR count). The van der Waals surface area contributed by atoms with Gasteiger partial charge in [-0.2, -0.15) is 5.10 Å². The Hall–Kier alpha value is -1.39. The van der Waals surface area contributed by atoms with Gasteiger partial charge in [0, 0.05) is 18.4 Å². The van der Waals surface area contributed by atoms with E-state index in [1.807, 2.05) is 23.9 Å². The summed E-state index contributed by atoms with van der Waals surface area (Å²) in [6.45, 7) is 7.96. The number of hydrogen-bond donors (Lipinski definition) is 1. The summed E-state index contributed by atoms with van der Waals surface area (Å²) in [6.07, 6.45) is 4.59. The molecule has 0 saturated carbocycles. The van der Waals surface area contributed by atoms with E-state index in [0.29, 0.717) is 5.02 Å². The van der Waals surface area contributed by atoms with Gasteiger partial charge in [0.15, 0.2) is 0 Å². The molecule has 0 aliphatic carbocycles. The van der Waals surface area contributed by atoms with Gasteiger partial charge in [-0.05, 0) is 37.6 Å². The first-order chi connectivity index (χ1) is 9.67. The number of aromatic nitrogens is 3. The number of nitrogens with one attached hydrogen (secondary N) is 1. The Morgan fingerprint density at radius 2 is 2.20 bits per heavy atom. The molecule has 0 amide bonds. The van der Waals surface area contributed by atoms with Crippen LogP contribution in [0.25, 0.3) is 0 Å². The number of hydrogen-bond acceptors (Lipinski definition) is 3. The van der Waals surface area contributed by atoms with Gasteiger partial charge in [0.2, 0.25) is 0 Å². The fourth-order valence-electron chi connectivity index (χ4n) is 2.37. The van der Waals surface area contributed by atoms with Crippen LogP contribution < -0.4 is 5.32 Å². The van der Waals surface area contributed by atoms with Crippen LogP contribution in [0.15, 0.2) is 24.5 Å². The molecule has 1 unspecified atom stereocenters. The summed E-state index contributed by atoms with van der Waals surface area (Å²) in [5, 5.41) is 8.59. The fourth-order valence-corrected chi connectivity index (χ4v) is 2.62. The van der Waals surface area contributed by atoms with Crippen molar-refractivity contribution < 1.29 is 0 Å². The lowest BCUT2D eigenvalue weighted by Gasteiger charge is -2.20. The molecule has 2 aromatic heterocycles. The number of aryl methyl sites for hydroxylation is 2. The van der Waals surface area contributed by atoms with Crippen LogP contribution in [0, 0.1) is 6.92 Å². The minimum Gasteiger partial charge on any atom is -0.305 e. The van der Waals surface area contributed by atoms with Crippen LogP contribution in [-0.2, 0) is 6.54 Å².